The van der Waals surface area contributed by atoms with Crippen LogP contribution >= 0.6 is 27.3 Å². The second kappa shape index (κ2) is 8.75. The number of nitrogens with one attached hydrogen (secondary N) is 2. The molecule has 3 rings (SSSR count). The summed E-state index contributed by atoms with van der Waals surface area (Å²) in [6.45, 7) is 1.79. The molecule has 0 radical (unpaired) electrons. The van der Waals surface area contributed by atoms with Gasteiger partial charge in [0.25, 0.3) is 11.8 Å². The van der Waals surface area contributed by atoms with E-state index in [4.69, 9.17) is 0 Å². The van der Waals surface area contributed by atoms with Crippen LogP contribution in [0.15, 0.2) is 75.6 Å². The van der Waals surface area contributed by atoms with Crippen molar-refractivity contribution in [1.82, 2.24) is 5.43 Å². The van der Waals surface area contributed by atoms with E-state index in [0.29, 0.717) is 21.8 Å². The number of hydrogen-bond donors (Lipinski definition) is 2. The van der Waals surface area contributed by atoms with Gasteiger partial charge in [0.05, 0.1) is 10.6 Å². The zero-order chi connectivity index (χ0) is 19.2. The van der Waals surface area contributed by atoms with Gasteiger partial charge in [-0.3, -0.25) is 9.59 Å². The molecular formula is C20H16BrN3O2S. The van der Waals surface area contributed by atoms with Crippen molar-refractivity contribution < 1.29 is 9.59 Å². The normalized spacial score (nSPS) is 11.1. The third-order valence-electron chi connectivity index (χ3n) is 3.70. The van der Waals surface area contributed by atoms with E-state index in [2.05, 4.69) is 31.8 Å². The highest BCUT2D eigenvalue weighted by atomic mass is 79.9. The second-order valence-electron chi connectivity index (χ2n) is 5.66. The minimum absolute atomic E-state index is 0.153. The summed E-state index contributed by atoms with van der Waals surface area (Å²) in [4.78, 5) is 25.0. The number of benzene rings is 2. The van der Waals surface area contributed by atoms with Gasteiger partial charge in [0.15, 0.2) is 0 Å². The monoisotopic (exact) mass is 441 g/mol. The highest BCUT2D eigenvalue weighted by molar-refractivity contribution is 9.10. The van der Waals surface area contributed by atoms with Gasteiger partial charge in [-0.25, -0.2) is 5.43 Å². The number of hydrazone groups is 1. The van der Waals surface area contributed by atoms with Crippen LogP contribution in [-0.4, -0.2) is 17.5 Å². The summed E-state index contributed by atoms with van der Waals surface area (Å²) in [5, 5.41) is 8.88. The summed E-state index contributed by atoms with van der Waals surface area (Å²) in [6, 6.07) is 18.0. The molecule has 0 aliphatic heterocycles. The molecular weight excluding hydrogens is 426 g/mol. The number of rotatable bonds is 5. The Morgan fingerprint density at radius 3 is 2.48 bits per heavy atom. The van der Waals surface area contributed by atoms with Crippen LogP contribution in [0.3, 0.4) is 0 Å². The maximum atomic E-state index is 12.2. The van der Waals surface area contributed by atoms with Gasteiger partial charge < -0.3 is 5.32 Å². The maximum Gasteiger partial charge on any atom is 0.271 e. The fourth-order valence-electron chi connectivity index (χ4n) is 2.32. The first-order valence-electron chi connectivity index (χ1n) is 8.08. The highest BCUT2D eigenvalue weighted by Gasteiger charge is 2.08. The van der Waals surface area contributed by atoms with Gasteiger partial charge in [0.1, 0.15) is 0 Å². The molecule has 3 aromatic rings. The van der Waals surface area contributed by atoms with Crippen molar-refractivity contribution in [2.45, 2.75) is 6.92 Å². The fourth-order valence-corrected chi connectivity index (χ4v) is 3.33. The molecule has 0 fully saturated rings. The van der Waals surface area contributed by atoms with E-state index < -0.39 is 0 Å². The average molecular weight is 442 g/mol. The number of carbonyl (C=O) groups excluding carboxylic acids is 2. The molecule has 0 aliphatic rings. The third kappa shape index (κ3) is 5.12. The third-order valence-corrected chi connectivity index (χ3v) is 5.06. The van der Waals surface area contributed by atoms with Gasteiger partial charge in [-0.15, -0.1) is 11.3 Å². The number of hydrogen-bond acceptors (Lipinski definition) is 4. The molecule has 2 N–H and O–H groups in total. The van der Waals surface area contributed by atoms with E-state index in [0.717, 1.165) is 10.0 Å². The molecule has 2 amide bonds. The van der Waals surface area contributed by atoms with Crippen LogP contribution in [0.4, 0.5) is 5.69 Å². The molecule has 0 saturated carbocycles. The SMILES string of the molecule is CC(=NNC(=O)c1cccc(Br)c1)c1cccc(NC(=O)c2cccs2)c1. The first-order chi connectivity index (χ1) is 13.0. The number of amides is 2. The summed E-state index contributed by atoms with van der Waals surface area (Å²) < 4.78 is 0.824. The van der Waals surface area contributed by atoms with Gasteiger partial charge in [-0.05, 0) is 54.3 Å². The summed E-state index contributed by atoms with van der Waals surface area (Å²) in [5.74, 6) is -0.447. The molecule has 5 nitrogen and oxygen atoms in total. The van der Waals surface area contributed by atoms with Crippen molar-refractivity contribution in [1.29, 1.82) is 0 Å². The van der Waals surface area contributed by atoms with E-state index in [1.807, 2.05) is 41.8 Å². The van der Waals surface area contributed by atoms with E-state index >= 15 is 0 Å². The minimum Gasteiger partial charge on any atom is -0.321 e. The first-order valence-corrected chi connectivity index (χ1v) is 9.75. The van der Waals surface area contributed by atoms with E-state index in [1.165, 1.54) is 11.3 Å². The summed E-state index contributed by atoms with van der Waals surface area (Å²) >= 11 is 4.72. The Labute approximate surface area is 169 Å². The number of carbonyl (C=O) groups is 2. The lowest BCUT2D eigenvalue weighted by molar-refractivity contribution is 0.0954. The van der Waals surface area contributed by atoms with Crippen molar-refractivity contribution in [3.63, 3.8) is 0 Å². The smallest absolute Gasteiger partial charge is 0.271 e. The molecule has 0 aliphatic carbocycles. The Morgan fingerprint density at radius 1 is 0.963 bits per heavy atom. The largest absolute Gasteiger partial charge is 0.321 e. The van der Waals surface area contributed by atoms with Crippen molar-refractivity contribution >= 4 is 50.5 Å². The van der Waals surface area contributed by atoms with Crippen LogP contribution in [0.1, 0.15) is 32.5 Å². The molecule has 136 valence electrons. The minimum atomic E-state index is -0.294. The quantitative estimate of drug-likeness (QED) is 0.435. The van der Waals surface area contributed by atoms with E-state index in [-0.39, 0.29) is 11.8 Å². The van der Waals surface area contributed by atoms with Crippen molar-refractivity contribution in [3.8, 4) is 0 Å². The van der Waals surface area contributed by atoms with Crippen LogP contribution in [0.5, 0.6) is 0 Å². The van der Waals surface area contributed by atoms with Crippen molar-refractivity contribution in [3.05, 3.63) is 86.5 Å². The molecule has 7 heteroatoms. The Morgan fingerprint density at radius 2 is 1.74 bits per heavy atom. The van der Waals surface area contributed by atoms with Crippen LogP contribution in [0.25, 0.3) is 0 Å². The number of thiophene rings is 1. The van der Waals surface area contributed by atoms with Gasteiger partial charge >= 0.3 is 0 Å². The number of halogens is 1. The molecule has 27 heavy (non-hydrogen) atoms. The molecule has 0 unspecified atom stereocenters. The van der Waals surface area contributed by atoms with Gasteiger partial charge in [-0.2, -0.15) is 5.10 Å². The fraction of sp³-hybridized carbons (Fsp3) is 0.0500. The Balaban J connectivity index is 1.69. The maximum absolute atomic E-state index is 12.2. The molecule has 0 bridgehead atoms. The predicted octanol–water partition coefficient (Wildman–Crippen LogP) is 4.92. The lowest BCUT2D eigenvalue weighted by Gasteiger charge is -2.07. The Kier molecular flexibility index (Phi) is 6.16. The van der Waals surface area contributed by atoms with Gasteiger partial charge in [0, 0.05) is 15.7 Å². The van der Waals surface area contributed by atoms with E-state index in [1.54, 1.807) is 31.2 Å². The van der Waals surface area contributed by atoms with Crippen LogP contribution in [0.2, 0.25) is 0 Å². The zero-order valence-electron chi connectivity index (χ0n) is 14.4. The summed E-state index contributed by atoms with van der Waals surface area (Å²) in [7, 11) is 0. The standard InChI is InChI=1S/C20H16BrN3O2S/c1-13(23-24-19(25)15-6-2-7-16(21)11-15)14-5-3-8-17(12-14)22-20(26)18-9-4-10-27-18/h2-12H,1H3,(H,22,26)(H,24,25). The summed E-state index contributed by atoms with van der Waals surface area (Å²) in [6.07, 6.45) is 0. The van der Waals surface area contributed by atoms with Crippen molar-refractivity contribution in [2.75, 3.05) is 5.32 Å². The Hall–Kier alpha value is -2.77. The van der Waals surface area contributed by atoms with Crippen LogP contribution < -0.4 is 10.7 Å². The van der Waals surface area contributed by atoms with Crippen LogP contribution in [0, 0.1) is 0 Å². The molecule has 2 aromatic carbocycles. The Bertz CT molecular complexity index is 1000. The first kappa shape index (κ1) is 19.0. The van der Waals surface area contributed by atoms with E-state index in [9.17, 15) is 9.59 Å². The molecule has 1 heterocycles. The van der Waals surface area contributed by atoms with Gasteiger partial charge in [-0.1, -0.05) is 40.2 Å². The average Bonchev–Trinajstić information content (AvgIpc) is 3.21. The molecule has 0 saturated heterocycles. The highest BCUT2D eigenvalue weighted by Crippen LogP contribution is 2.16. The molecule has 1 aromatic heterocycles. The predicted molar refractivity (Wildman–Crippen MR) is 113 cm³/mol. The topological polar surface area (TPSA) is 70.6 Å². The number of anilines is 1. The van der Waals surface area contributed by atoms with Crippen molar-refractivity contribution in [2.24, 2.45) is 5.10 Å². The summed E-state index contributed by atoms with van der Waals surface area (Å²) in [5.41, 5.74) is 5.16. The molecule has 0 spiro atoms. The number of nitrogens with zero attached hydrogens (tertiary/aromatic N) is 1. The second-order valence-corrected chi connectivity index (χ2v) is 7.52. The van der Waals surface area contributed by atoms with Gasteiger partial charge in [0.2, 0.25) is 0 Å². The lowest BCUT2D eigenvalue weighted by Crippen LogP contribution is -2.19. The van der Waals surface area contributed by atoms with Crippen LogP contribution in [-0.2, 0) is 0 Å². The zero-order valence-corrected chi connectivity index (χ0v) is 16.8. The lowest BCUT2D eigenvalue weighted by atomic mass is 10.1. The molecule has 0 atom stereocenters.